The van der Waals surface area contributed by atoms with Gasteiger partial charge in [-0.1, -0.05) is 6.07 Å². The van der Waals surface area contributed by atoms with E-state index < -0.39 is 17.4 Å². The standard InChI is InChI=1S/C13H16INO4/c1-8-9(5-4-6-10(8)14)11(16)15-13(2,7-19-3)12(17)18/h4-6H,7H2,1-3H3,(H,15,16)(H,17,18). The van der Waals surface area contributed by atoms with Gasteiger partial charge in [-0.05, 0) is 54.1 Å². The van der Waals surface area contributed by atoms with Gasteiger partial charge >= 0.3 is 5.97 Å². The van der Waals surface area contributed by atoms with Gasteiger partial charge in [0.15, 0.2) is 5.54 Å². The van der Waals surface area contributed by atoms with E-state index in [0.717, 1.165) is 9.13 Å². The van der Waals surface area contributed by atoms with E-state index in [2.05, 4.69) is 27.9 Å². The third-order valence-corrected chi connectivity index (χ3v) is 3.98. The Labute approximate surface area is 125 Å². The largest absolute Gasteiger partial charge is 0.479 e. The van der Waals surface area contributed by atoms with E-state index in [4.69, 9.17) is 4.74 Å². The average molecular weight is 377 g/mol. The molecular weight excluding hydrogens is 361 g/mol. The van der Waals surface area contributed by atoms with Crippen molar-refractivity contribution in [1.82, 2.24) is 5.32 Å². The van der Waals surface area contributed by atoms with Crippen LogP contribution in [-0.4, -0.2) is 36.2 Å². The fourth-order valence-corrected chi connectivity index (χ4v) is 2.11. The summed E-state index contributed by atoms with van der Waals surface area (Å²) in [5.41, 5.74) is -0.152. The molecule has 1 rings (SSSR count). The number of carboxylic acid groups (broad SMARTS) is 1. The summed E-state index contributed by atoms with van der Waals surface area (Å²) in [7, 11) is 1.39. The molecular formula is C13H16INO4. The molecule has 6 heteroatoms. The molecule has 0 saturated carbocycles. The summed E-state index contributed by atoms with van der Waals surface area (Å²) in [6, 6.07) is 5.32. The van der Waals surface area contributed by atoms with Crippen LogP contribution in [0, 0.1) is 10.5 Å². The number of carbonyl (C=O) groups excluding carboxylic acids is 1. The molecule has 0 fully saturated rings. The number of halogens is 1. The van der Waals surface area contributed by atoms with Gasteiger partial charge in [-0.15, -0.1) is 0 Å². The van der Waals surface area contributed by atoms with Gasteiger partial charge in [-0.25, -0.2) is 4.79 Å². The Bertz CT molecular complexity index is 503. The molecule has 0 aliphatic rings. The molecule has 1 atom stereocenters. The highest BCUT2D eigenvalue weighted by atomic mass is 127. The minimum Gasteiger partial charge on any atom is -0.479 e. The van der Waals surface area contributed by atoms with E-state index in [1.165, 1.54) is 14.0 Å². The SMILES string of the molecule is COCC(C)(NC(=O)c1cccc(I)c1C)C(=O)O. The number of benzene rings is 1. The Morgan fingerprint density at radius 2 is 2.11 bits per heavy atom. The van der Waals surface area contributed by atoms with Gasteiger partial charge in [-0.2, -0.15) is 0 Å². The van der Waals surface area contributed by atoms with E-state index in [-0.39, 0.29) is 6.61 Å². The normalized spacial score (nSPS) is 13.7. The van der Waals surface area contributed by atoms with Gasteiger partial charge in [0.05, 0.1) is 6.61 Å². The van der Waals surface area contributed by atoms with E-state index in [1.54, 1.807) is 12.1 Å². The fourth-order valence-electron chi connectivity index (χ4n) is 1.61. The van der Waals surface area contributed by atoms with Crippen LogP contribution in [0.25, 0.3) is 0 Å². The average Bonchev–Trinajstić information content (AvgIpc) is 2.32. The lowest BCUT2D eigenvalue weighted by atomic mass is 10.0. The first-order valence-corrected chi connectivity index (χ1v) is 6.69. The number of methoxy groups -OCH3 is 1. The van der Waals surface area contributed by atoms with E-state index >= 15 is 0 Å². The summed E-state index contributed by atoms with van der Waals surface area (Å²) in [5, 5.41) is 11.7. The first-order chi connectivity index (χ1) is 8.81. The van der Waals surface area contributed by atoms with Crippen molar-refractivity contribution in [3.8, 4) is 0 Å². The molecule has 0 spiro atoms. The van der Waals surface area contributed by atoms with Gasteiger partial charge in [0.2, 0.25) is 0 Å². The molecule has 0 heterocycles. The second-order valence-corrected chi connectivity index (χ2v) is 5.60. The van der Waals surface area contributed by atoms with Gasteiger partial charge in [0.1, 0.15) is 0 Å². The zero-order valence-electron chi connectivity index (χ0n) is 11.0. The predicted molar refractivity (Wildman–Crippen MR) is 79.3 cm³/mol. The summed E-state index contributed by atoms with van der Waals surface area (Å²) in [5.74, 6) is -1.55. The van der Waals surface area contributed by atoms with Crippen molar-refractivity contribution in [2.45, 2.75) is 19.4 Å². The summed E-state index contributed by atoms with van der Waals surface area (Å²) >= 11 is 2.13. The Hall–Kier alpha value is -1.15. The number of carbonyl (C=O) groups is 2. The number of carboxylic acids is 1. The third-order valence-electron chi connectivity index (χ3n) is 2.81. The van der Waals surface area contributed by atoms with Crippen LogP contribution in [0.5, 0.6) is 0 Å². The number of amides is 1. The van der Waals surface area contributed by atoms with Crippen molar-refractivity contribution in [2.75, 3.05) is 13.7 Å². The molecule has 1 aromatic rings. The number of ether oxygens (including phenoxy) is 1. The Morgan fingerprint density at radius 3 is 2.63 bits per heavy atom. The molecule has 5 nitrogen and oxygen atoms in total. The van der Waals surface area contributed by atoms with E-state index in [1.807, 2.05) is 13.0 Å². The number of nitrogens with one attached hydrogen (secondary N) is 1. The predicted octanol–water partition coefficient (Wildman–Crippen LogP) is 1.82. The Morgan fingerprint density at radius 1 is 1.47 bits per heavy atom. The number of hydrogen-bond donors (Lipinski definition) is 2. The zero-order valence-corrected chi connectivity index (χ0v) is 13.1. The zero-order chi connectivity index (χ0) is 14.6. The summed E-state index contributed by atoms with van der Waals surface area (Å²) in [4.78, 5) is 23.4. The molecule has 0 aliphatic carbocycles. The maximum absolute atomic E-state index is 12.2. The van der Waals surface area contributed by atoms with Crippen LogP contribution < -0.4 is 5.32 Å². The smallest absolute Gasteiger partial charge is 0.331 e. The maximum atomic E-state index is 12.2. The van der Waals surface area contributed by atoms with Gasteiger partial charge in [-0.3, -0.25) is 4.79 Å². The van der Waals surface area contributed by atoms with Crippen LogP contribution in [-0.2, 0) is 9.53 Å². The van der Waals surface area contributed by atoms with Crippen molar-refractivity contribution < 1.29 is 19.4 Å². The topological polar surface area (TPSA) is 75.6 Å². The highest BCUT2D eigenvalue weighted by Crippen LogP contribution is 2.17. The molecule has 0 aliphatic heterocycles. The molecule has 104 valence electrons. The monoisotopic (exact) mass is 377 g/mol. The summed E-state index contributed by atoms with van der Waals surface area (Å²) in [6.45, 7) is 3.14. The van der Waals surface area contributed by atoms with Crippen LogP contribution in [0.1, 0.15) is 22.8 Å². The Balaban J connectivity index is 3.01. The van der Waals surface area contributed by atoms with E-state index in [0.29, 0.717) is 5.56 Å². The van der Waals surface area contributed by atoms with Crippen LogP contribution in [0.2, 0.25) is 0 Å². The highest BCUT2D eigenvalue weighted by Gasteiger charge is 2.35. The number of hydrogen-bond acceptors (Lipinski definition) is 3. The molecule has 1 unspecified atom stereocenters. The van der Waals surface area contributed by atoms with Crippen LogP contribution in [0.15, 0.2) is 18.2 Å². The molecule has 19 heavy (non-hydrogen) atoms. The molecule has 1 amide bonds. The van der Waals surface area contributed by atoms with Gasteiger partial charge in [0.25, 0.3) is 5.91 Å². The number of aliphatic carboxylic acids is 1. The van der Waals surface area contributed by atoms with Crippen LogP contribution in [0.4, 0.5) is 0 Å². The minimum absolute atomic E-state index is 0.100. The van der Waals surface area contributed by atoms with Crippen molar-refractivity contribution in [2.24, 2.45) is 0 Å². The minimum atomic E-state index is -1.44. The molecule has 0 saturated heterocycles. The molecule has 2 N–H and O–H groups in total. The maximum Gasteiger partial charge on any atom is 0.331 e. The lowest BCUT2D eigenvalue weighted by Crippen LogP contribution is -2.55. The second-order valence-electron chi connectivity index (χ2n) is 4.44. The first-order valence-electron chi connectivity index (χ1n) is 5.62. The second kappa shape index (κ2) is 6.33. The lowest BCUT2D eigenvalue weighted by Gasteiger charge is -2.25. The molecule has 0 aromatic heterocycles. The molecule has 1 aromatic carbocycles. The quantitative estimate of drug-likeness (QED) is 0.768. The summed E-state index contributed by atoms with van der Waals surface area (Å²) in [6.07, 6.45) is 0. The highest BCUT2D eigenvalue weighted by molar-refractivity contribution is 14.1. The van der Waals surface area contributed by atoms with Crippen molar-refractivity contribution in [1.29, 1.82) is 0 Å². The molecule has 0 bridgehead atoms. The van der Waals surface area contributed by atoms with Gasteiger partial charge < -0.3 is 15.2 Å². The van der Waals surface area contributed by atoms with Crippen molar-refractivity contribution in [3.63, 3.8) is 0 Å². The van der Waals surface area contributed by atoms with Gasteiger partial charge in [0, 0.05) is 16.2 Å². The first kappa shape index (κ1) is 15.9. The van der Waals surface area contributed by atoms with Crippen molar-refractivity contribution in [3.05, 3.63) is 32.9 Å². The Kier molecular flexibility index (Phi) is 5.30. The van der Waals surface area contributed by atoms with Crippen LogP contribution in [0.3, 0.4) is 0 Å². The summed E-state index contributed by atoms with van der Waals surface area (Å²) < 4.78 is 5.81. The third kappa shape index (κ3) is 3.66. The van der Waals surface area contributed by atoms with E-state index in [9.17, 15) is 14.7 Å². The fraction of sp³-hybridized carbons (Fsp3) is 0.385. The number of rotatable bonds is 5. The van der Waals surface area contributed by atoms with Crippen LogP contribution >= 0.6 is 22.6 Å². The molecule has 0 radical (unpaired) electrons. The van der Waals surface area contributed by atoms with Crippen molar-refractivity contribution >= 4 is 34.5 Å². The lowest BCUT2D eigenvalue weighted by molar-refractivity contribution is -0.145.